The number of benzene rings is 1. The number of pyridine rings is 1. The Morgan fingerprint density at radius 1 is 1.21 bits per heavy atom. The molecule has 3 N–H and O–H groups in total. The Labute approximate surface area is 120 Å². The van der Waals surface area contributed by atoms with Crippen molar-refractivity contribution in [3.8, 4) is 0 Å². The highest BCUT2D eigenvalue weighted by Gasteiger charge is 2.20. The number of sulfonamides is 1. The first kappa shape index (κ1) is 13.9. The molecule has 100 valence electrons. The van der Waals surface area contributed by atoms with E-state index in [9.17, 15) is 8.42 Å². The monoisotopic (exact) mass is 317 g/mol. The molecular weight excluding hydrogens is 309 g/mol. The Morgan fingerprint density at radius 2 is 1.95 bits per heavy atom. The van der Waals surface area contributed by atoms with E-state index in [0.29, 0.717) is 5.02 Å². The van der Waals surface area contributed by atoms with Crippen molar-refractivity contribution in [2.75, 3.05) is 10.5 Å². The molecule has 0 aliphatic rings. The summed E-state index contributed by atoms with van der Waals surface area (Å²) in [6.45, 7) is 0. The molecule has 0 fully saturated rings. The maximum absolute atomic E-state index is 12.1. The molecule has 0 radical (unpaired) electrons. The summed E-state index contributed by atoms with van der Waals surface area (Å²) in [7, 11) is -3.91. The van der Waals surface area contributed by atoms with Crippen molar-refractivity contribution >= 4 is 44.6 Å². The molecular formula is C11H9Cl2N3O2S. The number of nitrogens with zero attached hydrogens (tertiary/aromatic N) is 1. The van der Waals surface area contributed by atoms with Crippen molar-refractivity contribution in [1.82, 2.24) is 4.98 Å². The predicted octanol–water partition coefficient (Wildman–Crippen LogP) is 2.77. The number of aromatic nitrogens is 1. The average Bonchev–Trinajstić information content (AvgIpc) is 2.34. The van der Waals surface area contributed by atoms with E-state index in [1.165, 1.54) is 24.4 Å². The van der Waals surface area contributed by atoms with Crippen LogP contribution in [0.25, 0.3) is 0 Å². The van der Waals surface area contributed by atoms with Gasteiger partial charge in [-0.2, -0.15) is 8.42 Å². The first-order valence-corrected chi connectivity index (χ1v) is 7.32. The van der Waals surface area contributed by atoms with Crippen LogP contribution in [-0.4, -0.2) is 13.4 Å². The lowest BCUT2D eigenvalue weighted by Crippen LogP contribution is -2.16. The van der Waals surface area contributed by atoms with Gasteiger partial charge < -0.3 is 5.73 Å². The van der Waals surface area contributed by atoms with Gasteiger partial charge in [0.15, 0.2) is 5.03 Å². The number of hydrogen-bond acceptors (Lipinski definition) is 4. The summed E-state index contributed by atoms with van der Waals surface area (Å²) < 4.78 is 26.6. The van der Waals surface area contributed by atoms with Gasteiger partial charge >= 0.3 is 0 Å². The van der Waals surface area contributed by atoms with Crippen LogP contribution < -0.4 is 10.5 Å². The summed E-state index contributed by atoms with van der Waals surface area (Å²) in [4.78, 5) is 3.75. The average molecular weight is 318 g/mol. The van der Waals surface area contributed by atoms with Gasteiger partial charge in [-0.1, -0.05) is 23.2 Å². The molecule has 1 aromatic heterocycles. The fourth-order valence-corrected chi connectivity index (χ4v) is 2.92. The molecule has 0 amide bonds. The van der Waals surface area contributed by atoms with Crippen molar-refractivity contribution in [2.45, 2.75) is 5.03 Å². The van der Waals surface area contributed by atoms with E-state index in [0.717, 1.165) is 0 Å². The van der Waals surface area contributed by atoms with E-state index in [4.69, 9.17) is 28.9 Å². The van der Waals surface area contributed by atoms with E-state index >= 15 is 0 Å². The minimum absolute atomic E-state index is 0.0492. The molecule has 8 heteroatoms. The van der Waals surface area contributed by atoms with Crippen LogP contribution in [0, 0.1) is 0 Å². The number of halogens is 2. The smallest absolute Gasteiger partial charge is 0.281 e. The topological polar surface area (TPSA) is 85.1 Å². The summed E-state index contributed by atoms with van der Waals surface area (Å²) in [6.07, 6.45) is 1.34. The van der Waals surface area contributed by atoms with Crippen LogP contribution in [0.5, 0.6) is 0 Å². The number of anilines is 2. The van der Waals surface area contributed by atoms with Crippen LogP contribution in [0.1, 0.15) is 0 Å². The highest BCUT2D eigenvalue weighted by atomic mass is 35.5. The van der Waals surface area contributed by atoms with Crippen molar-refractivity contribution in [3.05, 3.63) is 46.6 Å². The molecule has 0 saturated carbocycles. The van der Waals surface area contributed by atoms with Crippen LogP contribution >= 0.6 is 23.2 Å². The molecule has 0 atom stereocenters. The van der Waals surface area contributed by atoms with Gasteiger partial charge in [0.1, 0.15) is 0 Å². The summed E-state index contributed by atoms with van der Waals surface area (Å²) in [5.41, 5.74) is 5.80. The van der Waals surface area contributed by atoms with E-state index in [1.807, 2.05) is 0 Å². The number of rotatable bonds is 3. The van der Waals surface area contributed by atoms with Gasteiger partial charge in [0.25, 0.3) is 10.0 Å². The van der Waals surface area contributed by atoms with E-state index in [1.54, 1.807) is 12.1 Å². The van der Waals surface area contributed by atoms with E-state index < -0.39 is 10.0 Å². The standard InChI is InChI=1S/C11H9Cl2N3O2S/c12-7-3-4-8(13)10(6-7)16-19(17,18)11-9(14)2-1-5-15-11/h1-6,16H,14H2. The third-order valence-electron chi connectivity index (χ3n) is 2.23. The largest absolute Gasteiger partial charge is 0.396 e. The van der Waals surface area contributed by atoms with Crippen molar-refractivity contribution in [1.29, 1.82) is 0 Å². The lowest BCUT2D eigenvalue weighted by Gasteiger charge is -2.10. The van der Waals surface area contributed by atoms with Crippen molar-refractivity contribution in [2.24, 2.45) is 0 Å². The molecule has 19 heavy (non-hydrogen) atoms. The molecule has 0 bridgehead atoms. The second-order valence-electron chi connectivity index (χ2n) is 3.63. The normalized spacial score (nSPS) is 11.3. The Bertz CT molecular complexity index is 720. The fourth-order valence-electron chi connectivity index (χ4n) is 1.40. The zero-order valence-corrected chi connectivity index (χ0v) is 11.8. The molecule has 2 aromatic rings. The summed E-state index contributed by atoms with van der Waals surface area (Å²) in [5, 5.41) is 0.324. The first-order chi connectivity index (χ1) is 8.90. The van der Waals surface area contributed by atoms with E-state index in [-0.39, 0.29) is 21.4 Å². The third-order valence-corrected chi connectivity index (χ3v) is 4.13. The molecule has 0 aliphatic carbocycles. The molecule has 0 saturated heterocycles. The number of hydrogen-bond donors (Lipinski definition) is 2. The maximum atomic E-state index is 12.1. The van der Waals surface area contributed by atoms with Gasteiger partial charge in [-0.25, -0.2) is 4.98 Å². The fraction of sp³-hybridized carbons (Fsp3) is 0. The SMILES string of the molecule is Nc1cccnc1S(=O)(=O)Nc1cc(Cl)ccc1Cl. The molecule has 5 nitrogen and oxygen atoms in total. The highest BCUT2D eigenvalue weighted by Crippen LogP contribution is 2.28. The maximum Gasteiger partial charge on any atom is 0.281 e. The van der Waals surface area contributed by atoms with Crippen molar-refractivity contribution in [3.63, 3.8) is 0 Å². The van der Waals surface area contributed by atoms with E-state index in [2.05, 4.69) is 9.71 Å². The second kappa shape index (κ2) is 5.24. The third kappa shape index (κ3) is 3.09. The van der Waals surface area contributed by atoms with Crippen LogP contribution in [0.2, 0.25) is 10.0 Å². The first-order valence-electron chi connectivity index (χ1n) is 5.08. The Kier molecular flexibility index (Phi) is 3.84. The lowest BCUT2D eigenvalue weighted by molar-refractivity contribution is 0.598. The Morgan fingerprint density at radius 3 is 2.63 bits per heavy atom. The lowest BCUT2D eigenvalue weighted by atomic mass is 10.3. The Balaban J connectivity index is 2.43. The number of nitrogens with two attached hydrogens (primary N) is 1. The minimum Gasteiger partial charge on any atom is -0.396 e. The molecule has 0 spiro atoms. The van der Waals surface area contributed by atoms with Gasteiger partial charge in [-0.05, 0) is 30.3 Å². The van der Waals surface area contributed by atoms with Crippen LogP contribution in [0.15, 0.2) is 41.6 Å². The Hall–Kier alpha value is -1.50. The summed E-state index contributed by atoms with van der Waals surface area (Å²) in [5.74, 6) is 0. The van der Waals surface area contributed by atoms with Gasteiger partial charge in [-0.3, -0.25) is 4.72 Å². The van der Waals surface area contributed by atoms with Gasteiger partial charge in [-0.15, -0.1) is 0 Å². The van der Waals surface area contributed by atoms with Gasteiger partial charge in [0, 0.05) is 11.2 Å². The quantitative estimate of drug-likeness (QED) is 0.911. The second-order valence-corrected chi connectivity index (χ2v) is 6.07. The number of nitrogen functional groups attached to an aromatic ring is 1. The summed E-state index contributed by atoms with van der Waals surface area (Å²) in [6, 6.07) is 7.43. The zero-order valence-electron chi connectivity index (χ0n) is 9.47. The van der Waals surface area contributed by atoms with Gasteiger partial charge in [0.2, 0.25) is 0 Å². The zero-order chi connectivity index (χ0) is 14.0. The molecule has 2 rings (SSSR count). The summed E-state index contributed by atoms with van der Waals surface area (Å²) >= 11 is 11.7. The van der Waals surface area contributed by atoms with Crippen LogP contribution in [0.4, 0.5) is 11.4 Å². The molecule has 0 aliphatic heterocycles. The molecule has 0 unspecified atom stereocenters. The van der Waals surface area contributed by atoms with Gasteiger partial charge in [0.05, 0.1) is 16.4 Å². The molecule has 1 aromatic carbocycles. The van der Waals surface area contributed by atoms with Crippen molar-refractivity contribution < 1.29 is 8.42 Å². The minimum atomic E-state index is -3.91. The van der Waals surface area contributed by atoms with Crippen LogP contribution in [0.3, 0.4) is 0 Å². The highest BCUT2D eigenvalue weighted by molar-refractivity contribution is 7.92. The number of nitrogens with one attached hydrogen (secondary N) is 1. The molecule has 1 heterocycles. The van der Waals surface area contributed by atoms with Crippen LogP contribution in [-0.2, 0) is 10.0 Å². The predicted molar refractivity (Wildman–Crippen MR) is 75.9 cm³/mol.